The third kappa shape index (κ3) is 4.25. The Bertz CT molecular complexity index is 430. The van der Waals surface area contributed by atoms with Crippen molar-refractivity contribution in [2.24, 2.45) is 0 Å². The molecule has 0 amide bonds. The minimum atomic E-state index is -1.79. The predicted molar refractivity (Wildman–Crippen MR) is 93.9 cm³/mol. The van der Waals surface area contributed by atoms with Gasteiger partial charge >= 0.3 is 128 Å². The summed E-state index contributed by atoms with van der Waals surface area (Å²) in [6, 6.07) is 5.91. The normalized spacial score (nSPS) is 17.9. The fourth-order valence-electron chi connectivity index (χ4n) is 2.98. The summed E-state index contributed by atoms with van der Waals surface area (Å²) in [6.07, 6.45) is 4.15. The molecule has 0 unspecified atom stereocenters. The van der Waals surface area contributed by atoms with Crippen molar-refractivity contribution in [2.45, 2.75) is 55.7 Å². The van der Waals surface area contributed by atoms with E-state index in [0.717, 1.165) is 0 Å². The molecule has 0 spiro atoms. The fourth-order valence-corrected chi connectivity index (χ4v) is 7.50. The molecular weight excluding hydrogens is 323 g/mol. The molecule has 1 aromatic rings. The van der Waals surface area contributed by atoms with E-state index in [1.54, 1.807) is 0 Å². The summed E-state index contributed by atoms with van der Waals surface area (Å²) in [7, 11) is -1.37. The Morgan fingerprint density at radius 2 is 1.80 bits per heavy atom. The van der Waals surface area contributed by atoms with E-state index in [0.29, 0.717) is 0 Å². The number of hydrogen-bond acceptors (Lipinski definition) is 2. The minimum absolute atomic E-state index is 1.29. The van der Waals surface area contributed by atoms with Crippen LogP contribution < -0.4 is 9.98 Å². The fraction of sp³-hybridized carbons (Fsp3) is 0.750. The average molecular weight is 354 g/mol. The Morgan fingerprint density at radius 1 is 1.15 bits per heavy atom. The quantitative estimate of drug-likeness (QED) is 0.730. The maximum absolute atomic E-state index is 6.27. The Hall–Kier alpha value is -0.000260. The summed E-state index contributed by atoms with van der Waals surface area (Å²) in [5.74, 6) is 7.22. The molecule has 2 nitrogen and oxygen atoms in total. The Labute approximate surface area is 128 Å². The molecular formula is C16H31GeNOSi. The summed E-state index contributed by atoms with van der Waals surface area (Å²) < 4.78 is 7.59. The van der Waals surface area contributed by atoms with Crippen LogP contribution in [0.1, 0.15) is 19.3 Å². The van der Waals surface area contributed by atoms with Crippen LogP contribution in [-0.2, 0) is 0 Å². The second-order valence-electron chi connectivity index (χ2n) is 7.95. The van der Waals surface area contributed by atoms with Crippen LogP contribution in [0.15, 0.2) is 16.5 Å². The zero-order valence-corrected chi connectivity index (χ0v) is 17.1. The summed E-state index contributed by atoms with van der Waals surface area (Å²) >= 11 is -1.79. The summed E-state index contributed by atoms with van der Waals surface area (Å²) in [5, 5.41) is 1.33. The van der Waals surface area contributed by atoms with Gasteiger partial charge < -0.3 is 0 Å². The van der Waals surface area contributed by atoms with Gasteiger partial charge in [-0.15, -0.1) is 0 Å². The molecule has 1 aliphatic rings. The van der Waals surface area contributed by atoms with E-state index >= 15 is 0 Å². The summed E-state index contributed by atoms with van der Waals surface area (Å²) in [6.45, 7) is 8.88. The molecule has 1 aromatic heterocycles. The van der Waals surface area contributed by atoms with E-state index in [9.17, 15) is 0 Å². The van der Waals surface area contributed by atoms with Crippen molar-refractivity contribution in [1.82, 2.24) is 4.90 Å². The third-order valence-corrected chi connectivity index (χ3v) is 11.4. The average Bonchev–Trinajstić information content (AvgIpc) is 2.98. The van der Waals surface area contributed by atoms with Gasteiger partial charge in [0.15, 0.2) is 0 Å². The topological polar surface area (TPSA) is 16.4 Å². The second-order valence-corrected chi connectivity index (χ2v) is 23.2. The van der Waals surface area contributed by atoms with Gasteiger partial charge in [-0.05, 0) is 0 Å². The predicted octanol–water partition coefficient (Wildman–Crippen LogP) is 3.23. The number of hydrogen-bond donors (Lipinski definition) is 0. The van der Waals surface area contributed by atoms with Crippen molar-refractivity contribution in [3.05, 3.63) is 12.1 Å². The Balaban J connectivity index is 1.90. The van der Waals surface area contributed by atoms with Crippen LogP contribution in [0.25, 0.3) is 0 Å². The SMILES string of the molecule is C[Si](C)(CCCN1CCCC1)c1cc[c]([Ge]([CH3])([CH3])[CH3])o1. The van der Waals surface area contributed by atoms with Gasteiger partial charge in [-0.25, -0.2) is 0 Å². The van der Waals surface area contributed by atoms with Crippen molar-refractivity contribution in [2.75, 3.05) is 19.6 Å². The Morgan fingerprint density at radius 3 is 2.35 bits per heavy atom. The molecule has 1 aliphatic heterocycles. The molecule has 0 N–H and O–H groups in total. The number of rotatable bonds is 6. The third-order valence-electron chi connectivity index (χ3n) is 4.49. The van der Waals surface area contributed by atoms with Gasteiger partial charge in [0, 0.05) is 0 Å². The van der Waals surface area contributed by atoms with Gasteiger partial charge in [0.25, 0.3) is 0 Å². The van der Waals surface area contributed by atoms with Crippen LogP contribution in [0.3, 0.4) is 0 Å². The Kier molecular flexibility index (Phi) is 5.24. The van der Waals surface area contributed by atoms with Gasteiger partial charge in [-0.1, -0.05) is 0 Å². The first kappa shape index (κ1) is 16.4. The zero-order valence-electron chi connectivity index (χ0n) is 14.0. The molecule has 2 heterocycles. The van der Waals surface area contributed by atoms with Gasteiger partial charge in [-0.3, -0.25) is 0 Å². The molecule has 0 saturated carbocycles. The molecule has 0 aliphatic carbocycles. The number of furan rings is 1. The molecule has 0 aromatic carbocycles. The molecule has 0 atom stereocenters. The van der Waals surface area contributed by atoms with Gasteiger partial charge in [0.1, 0.15) is 0 Å². The van der Waals surface area contributed by atoms with E-state index < -0.39 is 21.3 Å². The van der Waals surface area contributed by atoms with E-state index in [4.69, 9.17) is 4.42 Å². The van der Waals surface area contributed by atoms with Crippen molar-refractivity contribution < 1.29 is 4.42 Å². The van der Waals surface area contributed by atoms with Gasteiger partial charge in [-0.2, -0.15) is 0 Å². The van der Waals surface area contributed by atoms with Crippen LogP contribution in [0.5, 0.6) is 0 Å². The first-order valence-electron chi connectivity index (χ1n) is 8.12. The van der Waals surface area contributed by atoms with Crippen LogP contribution in [0.2, 0.25) is 36.4 Å². The monoisotopic (exact) mass is 355 g/mol. The van der Waals surface area contributed by atoms with E-state index in [1.165, 1.54) is 54.9 Å². The number of likely N-dealkylation sites (tertiary alicyclic amines) is 1. The zero-order chi connectivity index (χ0) is 14.8. The van der Waals surface area contributed by atoms with Crippen molar-refractivity contribution in [1.29, 1.82) is 0 Å². The summed E-state index contributed by atoms with van der Waals surface area (Å²) in [5.41, 5.74) is 0. The molecule has 0 radical (unpaired) electrons. The molecule has 114 valence electrons. The first-order valence-corrected chi connectivity index (χ1v) is 18.7. The van der Waals surface area contributed by atoms with E-state index in [1.807, 2.05) is 0 Å². The second kappa shape index (κ2) is 6.41. The van der Waals surface area contributed by atoms with E-state index in [-0.39, 0.29) is 0 Å². The first-order chi connectivity index (χ1) is 9.29. The van der Waals surface area contributed by atoms with Crippen LogP contribution in [0, 0.1) is 0 Å². The number of nitrogens with zero attached hydrogens (tertiary/aromatic N) is 1. The van der Waals surface area contributed by atoms with Gasteiger partial charge in [0.05, 0.1) is 0 Å². The molecule has 20 heavy (non-hydrogen) atoms. The maximum atomic E-state index is 6.27. The van der Waals surface area contributed by atoms with Crippen molar-refractivity contribution in [3.63, 3.8) is 0 Å². The van der Waals surface area contributed by atoms with E-state index in [2.05, 4.69) is 47.4 Å². The van der Waals surface area contributed by atoms with Crippen molar-refractivity contribution >= 4 is 31.3 Å². The molecule has 1 saturated heterocycles. The van der Waals surface area contributed by atoms with Crippen LogP contribution in [-0.4, -0.2) is 45.9 Å². The molecule has 1 fully saturated rings. The van der Waals surface area contributed by atoms with Crippen molar-refractivity contribution in [3.8, 4) is 0 Å². The standard InChI is InChI=1S/C16H31GeNOSi/c1-17(2,3)15-9-10-16(19-15)20(4,5)14-8-13-18-11-6-7-12-18/h9-10H,6-8,11-14H2,1-5H3. The van der Waals surface area contributed by atoms with Crippen LogP contribution >= 0.6 is 0 Å². The molecule has 4 heteroatoms. The molecule has 0 bridgehead atoms. The summed E-state index contributed by atoms with van der Waals surface area (Å²) in [4.78, 5) is 2.63. The van der Waals surface area contributed by atoms with Gasteiger partial charge in [0.2, 0.25) is 0 Å². The van der Waals surface area contributed by atoms with Crippen LogP contribution in [0.4, 0.5) is 0 Å². The molecule has 2 rings (SSSR count).